The highest BCUT2D eigenvalue weighted by Crippen LogP contribution is 2.14. The molecule has 0 amide bonds. The van der Waals surface area contributed by atoms with E-state index in [1.807, 2.05) is 0 Å². The van der Waals surface area contributed by atoms with Crippen molar-refractivity contribution in [1.29, 1.82) is 0 Å². The van der Waals surface area contributed by atoms with Crippen LogP contribution in [-0.2, 0) is 16.1 Å². The molecule has 0 spiro atoms. The predicted octanol–water partition coefficient (Wildman–Crippen LogP) is 2.90. The van der Waals surface area contributed by atoms with Crippen molar-refractivity contribution in [3.8, 4) is 0 Å². The number of carbonyl (C=O) groups excluding carboxylic acids is 1. The molecule has 0 aromatic heterocycles. The Bertz CT molecular complexity index is 335. The SMILES string of the molecule is O=C(OCc1ccccc1)OCC(F)(F)F. The van der Waals surface area contributed by atoms with E-state index >= 15 is 0 Å². The van der Waals surface area contributed by atoms with Crippen LogP contribution in [0.2, 0.25) is 0 Å². The number of hydrogen-bond donors (Lipinski definition) is 0. The van der Waals surface area contributed by atoms with Gasteiger partial charge in [-0.3, -0.25) is 0 Å². The number of carbonyl (C=O) groups is 1. The molecule has 1 aromatic rings. The molecule has 16 heavy (non-hydrogen) atoms. The maximum atomic E-state index is 11.6. The van der Waals surface area contributed by atoms with Gasteiger partial charge < -0.3 is 9.47 Å². The summed E-state index contributed by atoms with van der Waals surface area (Å²) in [5, 5.41) is 0. The van der Waals surface area contributed by atoms with Crippen LogP contribution in [0.15, 0.2) is 30.3 Å². The van der Waals surface area contributed by atoms with E-state index in [1.54, 1.807) is 30.3 Å². The molecule has 88 valence electrons. The van der Waals surface area contributed by atoms with E-state index in [1.165, 1.54) is 0 Å². The Balaban J connectivity index is 2.26. The first-order valence-corrected chi connectivity index (χ1v) is 4.37. The number of benzene rings is 1. The second-order valence-corrected chi connectivity index (χ2v) is 2.93. The highest BCUT2D eigenvalue weighted by molar-refractivity contribution is 5.59. The fraction of sp³-hybridized carbons (Fsp3) is 0.300. The van der Waals surface area contributed by atoms with Gasteiger partial charge in [-0.1, -0.05) is 30.3 Å². The quantitative estimate of drug-likeness (QED) is 0.754. The zero-order valence-electron chi connectivity index (χ0n) is 8.16. The van der Waals surface area contributed by atoms with E-state index in [2.05, 4.69) is 9.47 Å². The highest BCUT2D eigenvalue weighted by Gasteiger charge is 2.29. The maximum Gasteiger partial charge on any atom is 0.508 e. The molecule has 1 rings (SSSR count). The zero-order valence-corrected chi connectivity index (χ0v) is 8.16. The third-order valence-corrected chi connectivity index (χ3v) is 1.55. The summed E-state index contributed by atoms with van der Waals surface area (Å²) in [6, 6.07) is 8.57. The summed E-state index contributed by atoms with van der Waals surface area (Å²) >= 11 is 0. The van der Waals surface area contributed by atoms with Crippen molar-refractivity contribution in [2.24, 2.45) is 0 Å². The standard InChI is InChI=1S/C10H9F3O3/c11-10(12,13)7-16-9(14)15-6-8-4-2-1-3-5-8/h1-5H,6-7H2. The Morgan fingerprint density at radius 2 is 1.75 bits per heavy atom. The van der Waals surface area contributed by atoms with Crippen molar-refractivity contribution < 1.29 is 27.4 Å². The Labute approximate surface area is 89.8 Å². The van der Waals surface area contributed by atoms with Crippen molar-refractivity contribution in [2.75, 3.05) is 6.61 Å². The van der Waals surface area contributed by atoms with Crippen LogP contribution < -0.4 is 0 Å². The molecular weight excluding hydrogens is 225 g/mol. The first-order valence-electron chi connectivity index (χ1n) is 4.37. The van der Waals surface area contributed by atoms with E-state index in [0.717, 1.165) is 0 Å². The largest absolute Gasteiger partial charge is 0.508 e. The van der Waals surface area contributed by atoms with Crippen molar-refractivity contribution in [1.82, 2.24) is 0 Å². The van der Waals surface area contributed by atoms with Crippen LogP contribution in [0.4, 0.5) is 18.0 Å². The molecule has 0 radical (unpaired) electrons. The molecule has 0 N–H and O–H groups in total. The zero-order chi connectivity index (χ0) is 12.0. The van der Waals surface area contributed by atoms with Gasteiger partial charge in [-0.25, -0.2) is 4.79 Å². The first-order chi connectivity index (χ1) is 7.47. The molecule has 0 aliphatic carbocycles. The molecule has 0 bridgehead atoms. The summed E-state index contributed by atoms with van der Waals surface area (Å²) < 4.78 is 43.2. The second-order valence-electron chi connectivity index (χ2n) is 2.93. The van der Waals surface area contributed by atoms with E-state index in [-0.39, 0.29) is 6.61 Å². The van der Waals surface area contributed by atoms with Gasteiger partial charge in [-0.05, 0) is 5.56 Å². The average molecular weight is 234 g/mol. The lowest BCUT2D eigenvalue weighted by molar-refractivity contribution is -0.165. The van der Waals surface area contributed by atoms with Crippen molar-refractivity contribution in [3.05, 3.63) is 35.9 Å². The van der Waals surface area contributed by atoms with Crippen LogP contribution in [0.3, 0.4) is 0 Å². The minimum absolute atomic E-state index is 0.114. The van der Waals surface area contributed by atoms with Crippen LogP contribution in [0.5, 0.6) is 0 Å². The fourth-order valence-electron chi connectivity index (χ4n) is 0.899. The third kappa shape index (κ3) is 5.23. The summed E-state index contributed by atoms with van der Waals surface area (Å²) in [7, 11) is 0. The van der Waals surface area contributed by atoms with Crippen LogP contribution >= 0.6 is 0 Å². The maximum absolute atomic E-state index is 11.6. The number of alkyl halides is 3. The monoisotopic (exact) mass is 234 g/mol. The third-order valence-electron chi connectivity index (χ3n) is 1.55. The Hall–Kier alpha value is -1.72. The van der Waals surface area contributed by atoms with Crippen molar-refractivity contribution in [3.63, 3.8) is 0 Å². The van der Waals surface area contributed by atoms with Gasteiger partial charge in [0.05, 0.1) is 0 Å². The molecule has 0 saturated carbocycles. The number of rotatable bonds is 3. The van der Waals surface area contributed by atoms with Gasteiger partial charge in [0.15, 0.2) is 6.61 Å². The summed E-state index contributed by atoms with van der Waals surface area (Å²) in [6.07, 6.45) is -5.87. The lowest BCUT2D eigenvalue weighted by Gasteiger charge is -2.08. The van der Waals surface area contributed by atoms with Gasteiger partial charge >= 0.3 is 12.3 Å². The van der Waals surface area contributed by atoms with Crippen molar-refractivity contribution >= 4 is 6.16 Å². The van der Waals surface area contributed by atoms with Crippen LogP contribution in [0, 0.1) is 0 Å². The Kier molecular flexibility index (Phi) is 4.16. The lowest BCUT2D eigenvalue weighted by Crippen LogP contribution is -2.20. The average Bonchev–Trinajstić information content (AvgIpc) is 2.24. The van der Waals surface area contributed by atoms with Crippen LogP contribution in [0.1, 0.15) is 5.56 Å². The molecule has 1 aromatic carbocycles. The second kappa shape index (κ2) is 5.39. The molecule has 0 saturated heterocycles. The number of ether oxygens (including phenoxy) is 2. The molecule has 3 nitrogen and oxygen atoms in total. The molecule has 0 aliphatic heterocycles. The van der Waals surface area contributed by atoms with E-state index in [0.29, 0.717) is 5.56 Å². The molecule has 0 fully saturated rings. The van der Waals surface area contributed by atoms with Gasteiger partial charge in [0.2, 0.25) is 0 Å². The Morgan fingerprint density at radius 3 is 2.31 bits per heavy atom. The number of halogens is 3. The summed E-state index contributed by atoms with van der Waals surface area (Å²) in [6.45, 7) is -1.75. The van der Waals surface area contributed by atoms with E-state index in [9.17, 15) is 18.0 Å². The fourth-order valence-corrected chi connectivity index (χ4v) is 0.899. The van der Waals surface area contributed by atoms with Gasteiger partial charge in [0.25, 0.3) is 0 Å². The van der Waals surface area contributed by atoms with Crippen molar-refractivity contribution in [2.45, 2.75) is 12.8 Å². The van der Waals surface area contributed by atoms with Gasteiger partial charge in [-0.2, -0.15) is 13.2 Å². The minimum Gasteiger partial charge on any atom is -0.429 e. The molecule has 6 heteroatoms. The van der Waals surface area contributed by atoms with Gasteiger partial charge in [0.1, 0.15) is 6.61 Å². The predicted molar refractivity (Wildman–Crippen MR) is 48.6 cm³/mol. The van der Waals surface area contributed by atoms with Crippen LogP contribution in [0.25, 0.3) is 0 Å². The normalized spacial score (nSPS) is 10.9. The van der Waals surface area contributed by atoms with Gasteiger partial charge in [-0.15, -0.1) is 0 Å². The topological polar surface area (TPSA) is 35.5 Å². The Morgan fingerprint density at radius 1 is 1.12 bits per heavy atom. The lowest BCUT2D eigenvalue weighted by atomic mass is 10.2. The summed E-state index contributed by atoms with van der Waals surface area (Å²) in [5.41, 5.74) is 0.673. The van der Waals surface area contributed by atoms with E-state index in [4.69, 9.17) is 0 Å². The summed E-state index contributed by atoms with van der Waals surface area (Å²) in [4.78, 5) is 10.7. The number of hydrogen-bond acceptors (Lipinski definition) is 3. The molecule has 0 atom stereocenters. The highest BCUT2D eigenvalue weighted by atomic mass is 19.4. The smallest absolute Gasteiger partial charge is 0.429 e. The first kappa shape index (κ1) is 12.4. The summed E-state index contributed by atoms with van der Waals surface area (Å²) in [5.74, 6) is 0. The molecular formula is C10H9F3O3. The van der Waals surface area contributed by atoms with Crippen LogP contribution in [-0.4, -0.2) is 18.9 Å². The molecule has 0 unspecified atom stereocenters. The van der Waals surface area contributed by atoms with Gasteiger partial charge in [0, 0.05) is 0 Å². The molecule has 0 heterocycles. The minimum atomic E-state index is -4.54. The molecule has 0 aliphatic rings. The van der Waals surface area contributed by atoms with E-state index < -0.39 is 18.9 Å².